The van der Waals surface area contributed by atoms with Gasteiger partial charge in [-0.25, -0.2) is 0 Å². The summed E-state index contributed by atoms with van der Waals surface area (Å²) in [5.74, 6) is 0. The van der Waals surface area contributed by atoms with Crippen LogP contribution in [-0.4, -0.2) is 20.4 Å². The molecule has 0 N–H and O–H groups in total. The Morgan fingerprint density at radius 1 is 1.09 bits per heavy atom. The van der Waals surface area contributed by atoms with E-state index in [0.29, 0.717) is 0 Å². The minimum absolute atomic E-state index is 0.0313. The predicted octanol–water partition coefficient (Wildman–Crippen LogP) is 3.17. The van der Waals surface area contributed by atoms with Crippen molar-refractivity contribution in [2.45, 2.75) is 0 Å². The number of hydrogen-bond acceptors (Lipinski definition) is 2. The van der Waals surface area contributed by atoms with Gasteiger partial charge in [0.1, 0.15) is 0 Å². The zero-order valence-corrected chi connectivity index (χ0v) is 9.50. The van der Waals surface area contributed by atoms with Crippen molar-refractivity contribution < 1.29 is 0 Å². The topological polar surface area (TPSA) is 0 Å². The number of hydrogen-bond donors (Lipinski definition) is 0. The summed E-state index contributed by atoms with van der Waals surface area (Å²) in [4.78, 5) is 0. The van der Waals surface area contributed by atoms with Gasteiger partial charge >= 0.3 is 82.2 Å². The van der Waals surface area contributed by atoms with E-state index >= 15 is 0 Å². The van der Waals surface area contributed by atoms with Crippen LogP contribution in [-0.2, 0) is 0 Å². The summed E-state index contributed by atoms with van der Waals surface area (Å²) in [6.07, 6.45) is 0. The molecule has 3 aromatic rings. The van der Waals surface area contributed by atoms with Crippen LogP contribution in [0.5, 0.6) is 0 Å². The summed E-state index contributed by atoms with van der Waals surface area (Å²) < 4.78 is 4.89. The quantitative estimate of drug-likeness (QED) is 0.558. The summed E-state index contributed by atoms with van der Waals surface area (Å²) in [7, 11) is 0. The van der Waals surface area contributed by atoms with Crippen molar-refractivity contribution in [1.29, 1.82) is 0 Å². The molecule has 0 saturated carbocycles. The first-order valence-electron chi connectivity index (χ1n) is 3.28. The molecule has 0 saturated heterocycles. The Morgan fingerprint density at radius 2 is 2.00 bits per heavy atom. The molecule has 0 bridgehead atoms. The summed E-state index contributed by atoms with van der Waals surface area (Å²) in [5, 5.41) is 5.98. The van der Waals surface area contributed by atoms with Crippen LogP contribution in [0.3, 0.4) is 0 Å². The van der Waals surface area contributed by atoms with Gasteiger partial charge in [-0.2, -0.15) is 0 Å². The van der Waals surface area contributed by atoms with Gasteiger partial charge in [0.2, 0.25) is 0 Å². The van der Waals surface area contributed by atoms with Crippen LogP contribution in [0.25, 0.3) is 16.2 Å². The monoisotopic (exact) mass is 294 g/mol. The van der Waals surface area contributed by atoms with Crippen LogP contribution < -0.4 is 0 Å². The Morgan fingerprint density at radius 3 is 3.00 bits per heavy atom. The van der Waals surface area contributed by atoms with Gasteiger partial charge < -0.3 is 0 Å². The molecule has 0 aromatic carbocycles. The van der Waals surface area contributed by atoms with E-state index in [1.54, 1.807) is 16.2 Å². The molecule has 0 nitrogen and oxygen atoms in total. The maximum absolute atomic E-state index is 2.30. The molecular formula is C8H4S2Te. The Balaban J connectivity index is 2.75. The van der Waals surface area contributed by atoms with E-state index < -0.39 is 0 Å². The number of thiophene rings is 2. The molecule has 0 atom stereocenters. The fraction of sp³-hybridized carbons (Fsp3) is 0. The zero-order chi connectivity index (χ0) is 7.26. The SMILES string of the molecule is c1cc2c(s1)[te]c1ccsc12. The molecule has 11 heavy (non-hydrogen) atoms. The second-order valence-corrected chi connectivity index (χ2v) is 7.98. The molecule has 0 spiro atoms. The number of fused-ring (bicyclic) bond motifs is 3. The van der Waals surface area contributed by atoms with Crippen molar-refractivity contribution in [2.24, 2.45) is 0 Å². The predicted molar refractivity (Wildman–Crippen MR) is 54.1 cm³/mol. The van der Waals surface area contributed by atoms with Crippen LogP contribution in [0.1, 0.15) is 0 Å². The molecule has 0 aliphatic rings. The molecule has 3 aromatic heterocycles. The summed E-state index contributed by atoms with van der Waals surface area (Å²) in [5.41, 5.74) is 0. The van der Waals surface area contributed by atoms with E-state index in [0.717, 1.165) is 0 Å². The van der Waals surface area contributed by atoms with Crippen molar-refractivity contribution in [3.8, 4) is 0 Å². The Hall–Kier alpha value is 0.190. The van der Waals surface area contributed by atoms with Crippen molar-refractivity contribution in [2.75, 3.05) is 0 Å². The summed E-state index contributed by atoms with van der Waals surface area (Å²) in [6, 6.07) is 4.57. The second kappa shape index (κ2) is 2.34. The maximum atomic E-state index is 2.30. The first-order chi connectivity index (χ1) is 5.45. The molecule has 0 radical (unpaired) electrons. The van der Waals surface area contributed by atoms with Crippen molar-refractivity contribution in [3.63, 3.8) is 0 Å². The van der Waals surface area contributed by atoms with Gasteiger partial charge in [-0.05, 0) is 0 Å². The molecule has 0 fully saturated rings. The van der Waals surface area contributed by atoms with Crippen LogP contribution in [0.4, 0.5) is 0 Å². The molecule has 3 heterocycles. The van der Waals surface area contributed by atoms with Crippen molar-refractivity contribution >= 4 is 59.3 Å². The normalized spacial score (nSPS) is 11.6. The molecule has 0 amide bonds. The molecule has 3 heteroatoms. The first-order valence-corrected chi connectivity index (χ1v) is 7.37. The van der Waals surface area contributed by atoms with E-state index in [1.807, 2.05) is 22.7 Å². The third-order valence-electron chi connectivity index (χ3n) is 1.71. The van der Waals surface area contributed by atoms with E-state index in [4.69, 9.17) is 0 Å². The first kappa shape index (κ1) is 6.68. The average Bonchev–Trinajstić information content (AvgIpc) is 2.52. The van der Waals surface area contributed by atoms with Gasteiger partial charge in [0.05, 0.1) is 0 Å². The minimum atomic E-state index is 0.0313. The average molecular weight is 292 g/mol. The third kappa shape index (κ3) is 0.860. The summed E-state index contributed by atoms with van der Waals surface area (Å²) >= 11 is 3.87. The van der Waals surface area contributed by atoms with Crippen LogP contribution in [0.2, 0.25) is 0 Å². The molecule has 0 unspecified atom stereocenters. The third-order valence-corrected chi connectivity index (χ3v) is 7.90. The van der Waals surface area contributed by atoms with Gasteiger partial charge in [-0.3, -0.25) is 0 Å². The Kier molecular flexibility index (Phi) is 1.42. The Bertz CT molecular complexity index is 455. The standard InChI is InChI=1S/C8H4S2Te/c1-3-10-8-5(1)7-6(11-8)2-4-9-7/h1-4H. The Labute approximate surface area is 81.7 Å². The van der Waals surface area contributed by atoms with Gasteiger partial charge in [-0.1, -0.05) is 0 Å². The van der Waals surface area contributed by atoms with Crippen molar-refractivity contribution in [3.05, 3.63) is 22.9 Å². The van der Waals surface area contributed by atoms with E-state index in [2.05, 4.69) is 22.9 Å². The molecule has 0 aliphatic heterocycles. The zero-order valence-electron chi connectivity index (χ0n) is 5.53. The van der Waals surface area contributed by atoms with Gasteiger partial charge in [0.15, 0.2) is 0 Å². The summed E-state index contributed by atoms with van der Waals surface area (Å²) in [6.45, 7) is 0. The number of rotatable bonds is 0. The van der Waals surface area contributed by atoms with E-state index in [-0.39, 0.29) is 20.4 Å². The van der Waals surface area contributed by atoms with Gasteiger partial charge in [0, 0.05) is 0 Å². The van der Waals surface area contributed by atoms with Crippen LogP contribution in [0.15, 0.2) is 22.9 Å². The second-order valence-electron chi connectivity index (χ2n) is 2.34. The molecule has 3 rings (SSSR count). The fourth-order valence-corrected chi connectivity index (χ4v) is 7.76. The fourth-order valence-electron chi connectivity index (χ4n) is 1.22. The van der Waals surface area contributed by atoms with Crippen LogP contribution in [0, 0.1) is 0 Å². The van der Waals surface area contributed by atoms with Gasteiger partial charge in [0.25, 0.3) is 0 Å². The van der Waals surface area contributed by atoms with Gasteiger partial charge in [-0.15, -0.1) is 0 Å². The van der Waals surface area contributed by atoms with Crippen LogP contribution >= 0.6 is 22.7 Å². The van der Waals surface area contributed by atoms with E-state index in [9.17, 15) is 0 Å². The molecule has 54 valence electrons. The van der Waals surface area contributed by atoms with Crippen molar-refractivity contribution in [1.82, 2.24) is 0 Å². The van der Waals surface area contributed by atoms with E-state index in [1.165, 1.54) is 0 Å². The molecule has 0 aliphatic carbocycles. The molecular weight excluding hydrogens is 288 g/mol.